The number of benzene rings is 1. The molecule has 0 aliphatic carbocycles. The summed E-state index contributed by atoms with van der Waals surface area (Å²) in [6.07, 6.45) is 12.4. The molecule has 1 aliphatic rings. The van der Waals surface area contributed by atoms with Crippen molar-refractivity contribution in [2.45, 2.75) is 45.4 Å². The second-order valence-corrected chi connectivity index (χ2v) is 8.32. The summed E-state index contributed by atoms with van der Waals surface area (Å²) >= 11 is 3.34. The predicted molar refractivity (Wildman–Crippen MR) is 131 cm³/mol. The van der Waals surface area contributed by atoms with Crippen molar-refractivity contribution in [3.05, 3.63) is 62.4 Å². The Morgan fingerprint density at radius 1 is 1.03 bits per heavy atom. The first kappa shape index (κ1) is 27.1. The van der Waals surface area contributed by atoms with Crippen molar-refractivity contribution < 1.29 is 28.7 Å². The van der Waals surface area contributed by atoms with Gasteiger partial charge in [-0.3, -0.25) is 10.1 Å². The molecule has 2 rings (SSSR count). The van der Waals surface area contributed by atoms with Gasteiger partial charge < -0.3 is 19.1 Å². The number of carbonyl (C=O) groups is 2. The minimum absolute atomic E-state index is 0.0351. The number of nitro groups is 1. The van der Waals surface area contributed by atoms with Gasteiger partial charge in [-0.15, -0.1) is 0 Å². The fourth-order valence-electron chi connectivity index (χ4n) is 3.40. The van der Waals surface area contributed by atoms with E-state index in [9.17, 15) is 19.7 Å². The second-order valence-electron chi connectivity index (χ2n) is 7.46. The Balaban J connectivity index is 2.46. The van der Waals surface area contributed by atoms with Crippen LogP contribution in [0, 0.1) is 10.1 Å². The normalized spacial score (nSPS) is 13.0. The van der Waals surface area contributed by atoms with Gasteiger partial charge in [0, 0.05) is 18.3 Å². The monoisotopic (exact) mass is 536 g/mol. The molecule has 0 saturated heterocycles. The number of ether oxygens (including phenoxy) is 3. The van der Waals surface area contributed by atoms with E-state index < -0.39 is 16.9 Å². The Morgan fingerprint density at radius 3 is 2.35 bits per heavy atom. The van der Waals surface area contributed by atoms with Gasteiger partial charge in [-0.25, -0.2) is 9.59 Å². The Kier molecular flexibility index (Phi) is 10.8. The van der Waals surface area contributed by atoms with E-state index in [-0.39, 0.29) is 22.6 Å². The molecule has 0 atom stereocenters. The third kappa shape index (κ3) is 6.93. The van der Waals surface area contributed by atoms with E-state index in [0.29, 0.717) is 16.8 Å². The molecule has 0 saturated carbocycles. The van der Waals surface area contributed by atoms with Crippen LogP contribution in [0.15, 0.2) is 52.3 Å². The van der Waals surface area contributed by atoms with E-state index >= 15 is 0 Å². The average molecular weight is 537 g/mol. The van der Waals surface area contributed by atoms with Gasteiger partial charge in [-0.1, -0.05) is 45.1 Å². The zero-order valence-electron chi connectivity index (χ0n) is 19.5. The highest BCUT2D eigenvalue weighted by Crippen LogP contribution is 2.41. The highest BCUT2D eigenvalue weighted by molar-refractivity contribution is 9.10. The zero-order valence-corrected chi connectivity index (χ0v) is 21.1. The van der Waals surface area contributed by atoms with Crippen LogP contribution in [0.1, 0.15) is 45.4 Å². The van der Waals surface area contributed by atoms with Gasteiger partial charge in [-0.05, 0) is 34.5 Å². The molecule has 1 aromatic rings. The lowest BCUT2D eigenvalue weighted by Crippen LogP contribution is -2.27. The molecule has 9 nitrogen and oxygen atoms in total. The molecule has 0 amide bonds. The minimum Gasteiger partial charge on any atom is -0.492 e. The van der Waals surface area contributed by atoms with E-state index in [0.717, 1.165) is 26.4 Å². The summed E-state index contributed by atoms with van der Waals surface area (Å²) in [6.45, 7) is 2.60. The first-order valence-electron chi connectivity index (χ1n) is 11.0. The second kappa shape index (κ2) is 13.5. The van der Waals surface area contributed by atoms with Gasteiger partial charge in [0.25, 0.3) is 5.69 Å². The maximum Gasteiger partial charge on any atom is 0.355 e. The number of methoxy groups -OCH3 is 2. The van der Waals surface area contributed by atoms with Crippen molar-refractivity contribution in [3.8, 4) is 5.75 Å². The van der Waals surface area contributed by atoms with Crippen LogP contribution in [0.3, 0.4) is 0 Å². The SMILES string of the molecule is CCCCCCCCOc1cc(N2C=CC=CC(C(=O)OC)=C2C(=O)OC)c([N+](=O)[O-])cc1Br. The molecular formula is C24H29BrN2O7. The van der Waals surface area contributed by atoms with Crippen molar-refractivity contribution in [2.75, 3.05) is 25.7 Å². The van der Waals surface area contributed by atoms with E-state index in [1.165, 1.54) is 61.8 Å². The molecule has 34 heavy (non-hydrogen) atoms. The third-order valence-corrected chi connectivity index (χ3v) is 5.75. The van der Waals surface area contributed by atoms with E-state index in [1.807, 2.05) is 0 Å². The van der Waals surface area contributed by atoms with Gasteiger partial charge in [0.15, 0.2) is 0 Å². The molecule has 0 radical (unpaired) electrons. The molecule has 10 heteroatoms. The molecule has 1 aliphatic heterocycles. The fourth-order valence-corrected chi connectivity index (χ4v) is 3.84. The van der Waals surface area contributed by atoms with Gasteiger partial charge in [0.2, 0.25) is 0 Å². The number of nitrogens with zero attached hydrogens (tertiary/aromatic N) is 2. The molecule has 0 spiro atoms. The fraction of sp³-hybridized carbons (Fsp3) is 0.417. The molecule has 1 aromatic carbocycles. The molecule has 184 valence electrons. The largest absolute Gasteiger partial charge is 0.492 e. The van der Waals surface area contributed by atoms with E-state index in [1.54, 1.807) is 6.08 Å². The number of rotatable bonds is 12. The van der Waals surface area contributed by atoms with Crippen LogP contribution in [0.5, 0.6) is 5.75 Å². The highest BCUT2D eigenvalue weighted by atomic mass is 79.9. The van der Waals surface area contributed by atoms with Crippen molar-refractivity contribution in [3.63, 3.8) is 0 Å². The number of anilines is 1. The summed E-state index contributed by atoms with van der Waals surface area (Å²) < 4.78 is 16.0. The number of unbranched alkanes of at least 4 members (excludes halogenated alkanes) is 5. The number of nitro benzene ring substituents is 1. The number of carbonyl (C=O) groups excluding carboxylic acids is 2. The van der Waals surface area contributed by atoms with Gasteiger partial charge in [-0.2, -0.15) is 0 Å². The van der Waals surface area contributed by atoms with Crippen molar-refractivity contribution >= 4 is 39.2 Å². The van der Waals surface area contributed by atoms with Crippen LogP contribution in [-0.4, -0.2) is 37.7 Å². The van der Waals surface area contributed by atoms with Crippen LogP contribution in [-0.2, 0) is 19.1 Å². The number of esters is 2. The van der Waals surface area contributed by atoms with Crippen molar-refractivity contribution in [1.29, 1.82) is 0 Å². The maximum absolute atomic E-state index is 12.7. The average Bonchev–Trinajstić information content (AvgIpc) is 3.06. The van der Waals surface area contributed by atoms with E-state index in [4.69, 9.17) is 14.2 Å². The lowest BCUT2D eigenvalue weighted by atomic mass is 10.1. The predicted octanol–water partition coefficient (Wildman–Crippen LogP) is 5.59. The quantitative estimate of drug-likeness (QED) is 0.147. The maximum atomic E-state index is 12.7. The molecule has 0 aromatic heterocycles. The van der Waals surface area contributed by atoms with Crippen LogP contribution >= 0.6 is 15.9 Å². The number of hydrogen-bond donors (Lipinski definition) is 0. The molecule has 0 N–H and O–H groups in total. The Hall–Kier alpha value is -3.14. The summed E-state index contributed by atoms with van der Waals surface area (Å²) in [5, 5.41) is 11.9. The van der Waals surface area contributed by atoms with Gasteiger partial charge in [0.05, 0.1) is 35.8 Å². The molecule has 0 unspecified atom stereocenters. The topological polar surface area (TPSA) is 108 Å². The molecule has 1 heterocycles. The van der Waals surface area contributed by atoms with Crippen LogP contribution in [0.2, 0.25) is 0 Å². The van der Waals surface area contributed by atoms with E-state index in [2.05, 4.69) is 22.9 Å². The lowest BCUT2D eigenvalue weighted by molar-refractivity contribution is -0.384. The van der Waals surface area contributed by atoms with Crippen LogP contribution in [0.4, 0.5) is 11.4 Å². The summed E-state index contributed by atoms with van der Waals surface area (Å²) in [5.74, 6) is -1.27. The molecule has 0 bridgehead atoms. The Bertz CT molecular complexity index is 1000. The molecule has 0 fully saturated rings. The van der Waals surface area contributed by atoms with Crippen molar-refractivity contribution in [1.82, 2.24) is 0 Å². The lowest BCUT2D eigenvalue weighted by Gasteiger charge is -2.23. The Morgan fingerprint density at radius 2 is 1.71 bits per heavy atom. The summed E-state index contributed by atoms with van der Waals surface area (Å²) in [4.78, 5) is 37.6. The summed E-state index contributed by atoms with van der Waals surface area (Å²) in [5.41, 5.74) is -0.582. The molecular weight excluding hydrogens is 508 g/mol. The van der Waals surface area contributed by atoms with Crippen molar-refractivity contribution in [2.24, 2.45) is 0 Å². The number of halogens is 1. The van der Waals surface area contributed by atoms with Crippen LogP contribution < -0.4 is 9.64 Å². The van der Waals surface area contributed by atoms with Gasteiger partial charge in [0.1, 0.15) is 17.1 Å². The number of allylic oxidation sites excluding steroid dienone is 2. The van der Waals surface area contributed by atoms with Gasteiger partial charge >= 0.3 is 11.9 Å². The standard InChI is InChI=1S/C24H29BrN2O7/c1-4-5-6-7-8-11-14-34-21-16-19(20(27(30)31)15-18(21)25)26-13-10-9-12-17(23(28)32-2)22(26)24(29)33-3/h9-10,12-13,15-16H,4-8,11,14H2,1-3H3. The smallest absolute Gasteiger partial charge is 0.355 e. The summed E-state index contributed by atoms with van der Waals surface area (Å²) in [6, 6.07) is 2.78. The first-order chi connectivity index (χ1) is 16.3. The Labute approximate surface area is 207 Å². The minimum atomic E-state index is -0.858. The third-order valence-electron chi connectivity index (χ3n) is 5.13. The zero-order chi connectivity index (χ0) is 25.1. The highest BCUT2D eigenvalue weighted by Gasteiger charge is 2.32. The summed E-state index contributed by atoms with van der Waals surface area (Å²) in [7, 11) is 2.34. The van der Waals surface area contributed by atoms with Crippen LogP contribution in [0.25, 0.3) is 0 Å². The number of hydrogen-bond acceptors (Lipinski definition) is 8. The first-order valence-corrected chi connectivity index (χ1v) is 11.8.